The van der Waals surface area contributed by atoms with Crippen molar-refractivity contribution in [1.29, 1.82) is 0 Å². The molecule has 6 N–H and O–H groups in total. The van der Waals surface area contributed by atoms with Crippen LogP contribution >= 0.6 is 0 Å². The molecular weight excluding hydrogens is 660 g/mol. The van der Waals surface area contributed by atoms with E-state index in [1.807, 2.05) is 18.2 Å². The lowest BCUT2D eigenvalue weighted by atomic mass is 10.0. The first-order valence-corrected chi connectivity index (χ1v) is 17.3. The minimum Gasteiger partial charge on any atom is -0.484 e. The van der Waals surface area contributed by atoms with Gasteiger partial charge < -0.3 is 46.1 Å². The summed E-state index contributed by atoms with van der Waals surface area (Å²) >= 11 is 0. The second-order valence-corrected chi connectivity index (χ2v) is 13.2. The van der Waals surface area contributed by atoms with E-state index in [1.165, 1.54) is 18.7 Å². The molecule has 7 atom stereocenters. The number of benzene rings is 2. The lowest BCUT2D eigenvalue weighted by molar-refractivity contribution is -0.143. The number of nitrogens with one attached hydrogen (secondary N) is 5. The number of fused-ring (bicyclic) bond motifs is 16. The molecular formula is C36H46N6O9. The molecule has 2 aromatic rings. The Morgan fingerprint density at radius 1 is 0.980 bits per heavy atom. The summed E-state index contributed by atoms with van der Waals surface area (Å²) < 4.78 is 11.2. The molecule has 0 radical (unpaired) electrons. The molecule has 0 saturated carbocycles. The Kier molecular flexibility index (Phi) is 12.6. The van der Waals surface area contributed by atoms with Gasteiger partial charge in [0, 0.05) is 32.2 Å². The fourth-order valence-corrected chi connectivity index (χ4v) is 6.41. The molecule has 4 aliphatic rings. The van der Waals surface area contributed by atoms with Crippen molar-refractivity contribution >= 4 is 35.4 Å². The van der Waals surface area contributed by atoms with Gasteiger partial charge in [-0.15, -0.1) is 0 Å². The average Bonchev–Trinajstić information content (AvgIpc) is 3.81. The van der Waals surface area contributed by atoms with Gasteiger partial charge in [-0.1, -0.05) is 42.5 Å². The van der Waals surface area contributed by atoms with E-state index in [2.05, 4.69) is 26.6 Å². The van der Waals surface area contributed by atoms with Crippen molar-refractivity contribution < 1.29 is 43.3 Å². The van der Waals surface area contributed by atoms with Crippen molar-refractivity contribution in [3.63, 3.8) is 0 Å². The molecule has 15 heteroatoms. The van der Waals surface area contributed by atoms with Crippen LogP contribution in [0.4, 0.5) is 0 Å². The molecule has 0 spiro atoms. The molecule has 2 bridgehead atoms. The Morgan fingerprint density at radius 2 is 1.73 bits per heavy atom. The Bertz CT molecular complexity index is 1560. The first-order chi connectivity index (χ1) is 24.5. The summed E-state index contributed by atoms with van der Waals surface area (Å²) in [7, 11) is 0. The van der Waals surface area contributed by atoms with Crippen LogP contribution in [0.1, 0.15) is 44.2 Å². The maximum atomic E-state index is 14.4. The van der Waals surface area contributed by atoms with Crippen LogP contribution in [0.25, 0.3) is 0 Å². The molecule has 51 heavy (non-hydrogen) atoms. The molecule has 6 rings (SSSR count). The van der Waals surface area contributed by atoms with Gasteiger partial charge in [0.1, 0.15) is 36.0 Å². The number of nitrogens with zero attached hydrogens (tertiary/aromatic N) is 1. The smallest absolute Gasteiger partial charge is 0.258 e. The van der Waals surface area contributed by atoms with Gasteiger partial charge in [-0.05, 0) is 62.8 Å². The number of amides is 6. The highest BCUT2D eigenvalue weighted by Gasteiger charge is 2.44. The first-order valence-electron chi connectivity index (χ1n) is 17.3. The SMILES string of the molecule is C[C@@H]1NC(=O)[C@H]([C@@H](C)O)NC(=O)[C@@H]2C[C@H](NC(=O)[C@H]3CCCO3)CN2C(=O)[C@H](Cc2ccccc2)NC(=O)COc2ccc(cc2)CCNC1=O. The number of carbonyl (C=O) groups excluding carboxylic acids is 6. The van der Waals surface area contributed by atoms with Gasteiger partial charge >= 0.3 is 0 Å². The maximum absolute atomic E-state index is 14.4. The third-order valence-electron chi connectivity index (χ3n) is 9.19. The molecule has 2 aromatic carbocycles. The number of aliphatic hydroxyl groups is 1. The van der Waals surface area contributed by atoms with Gasteiger partial charge in [0.15, 0.2) is 6.61 Å². The Labute approximate surface area is 296 Å². The molecule has 2 fully saturated rings. The zero-order chi connectivity index (χ0) is 36.5. The third kappa shape index (κ3) is 10.0. The molecule has 0 aromatic heterocycles. The number of hydrogen-bond acceptors (Lipinski definition) is 9. The van der Waals surface area contributed by atoms with Gasteiger partial charge in [0.2, 0.25) is 29.5 Å². The van der Waals surface area contributed by atoms with E-state index in [4.69, 9.17) is 9.47 Å². The third-order valence-corrected chi connectivity index (χ3v) is 9.19. The normalized spacial score (nSPS) is 27.4. The molecule has 2 saturated heterocycles. The Hall–Kier alpha value is -5.02. The van der Waals surface area contributed by atoms with Crippen LogP contribution < -0.4 is 31.3 Å². The Morgan fingerprint density at radius 3 is 2.41 bits per heavy atom. The minimum atomic E-state index is -1.47. The van der Waals surface area contributed by atoms with Crippen LogP contribution in [0, 0.1) is 0 Å². The van der Waals surface area contributed by atoms with Gasteiger partial charge in [0.05, 0.1) is 6.10 Å². The van der Waals surface area contributed by atoms with E-state index in [9.17, 15) is 33.9 Å². The molecule has 6 amide bonds. The summed E-state index contributed by atoms with van der Waals surface area (Å²) in [4.78, 5) is 81.9. The van der Waals surface area contributed by atoms with Crippen molar-refractivity contribution in [2.75, 3.05) is 26.3 Å². The highest BCUT2D eigenvalue weighted by atomic mass is 16.5. The van der Waals surface area contributed by atoms with Crippen LogP contribution in [0.5, 0.6) is 5.75 Å². The van der Waals surface area contributed by atoms with Gasteiger partial charge in [-0.3, -0.25) is 28.8 Å². The van der Waals surface area contributed by atoms with Crippen LogP contribution in [-0.2, 0) is 46.3 Å². The van der Waals surface area contributed by atoms with Crippen molar-refractivity contribution in [3.8, 4) is 5.75 Å². The molecule has 274 valence electrons. The summed E-state index contributed by atoms with van der Waals surface area (Å²) in [5.74, 6) is -3.11. The lowest BCUT2D eigenvalue weighted by Gasteiger charge is -2.30. The zero-order valence-corrected chi connectivity index (χ0v) is 28.8. The predicted octanol–water partition coefficient (Wildman–Crippen LogP) is -0.900. The Balaban J connectivity index is 1.44. The van der Waals surface area contributed by atoms with Crippen molar-refractivity contribution in [1.82, 2.24) is 31.5 Å². The fraction of sp³-hybridized carbons (Fsp3) is 0.500. The predicted molar refractivity (Wildman–Crippen MR) is 183 cm³/mol. The number of hydrogen-bond donors (Lipinski definition) is 6. The summed E-state index contributed by atoms with van der Waals surface area (Å²) in [6, 6.07) is 10.6. The van der Waals surface area contributed by atoms with E-state index >= 15 is 0 Å². The standard InChI is InChI=1S/C36H46N6O9/c1-21-32(45)37-15-14-23-10-12-26(13-11-23)51-20-30(44)40-27(17-24-7-4-3-5-8-24)36(49)42-19-25(39-34(47)29-9-6-16-50-29)18-28(42)33(46)41-31(22(2)43)35(48)38-21/h3-5,7-8,10-13,21-22,25,27-29,31,43H,6,9,14-20H2,1-2H3,(H,37,45)(H,38,48)(H,39,47)(H,40,44)(H,41,46)/t21-,22+,25-,27-,28-,29+,31-/m0/s1. The summed E-state index contributed by atoms with van der Waals surface area (Å²) in [5.41, 5.74) is 1.64. The van der Waals surface area contributed by atoms with E-state index in [1.54, 1.807) is 36.4 Å². The van der Waals surface area contributed by atoms with E-state index < -0.39 is 72.0 Å². The molecule has 0 aliphatic carbocycles. The summed E-state index contributed by atoms with van der Waals surface area (Å²) in [5, 5.41) is 24.1. The first kappa shape index (κ1) is 37.2. The highest BCUT2D eigenvalue weighted by Crippen LogP contribution is 2.23. The summed E-state index contributed by atoms with van der Waals surface area (Å²) in [6.45, 7) is 3.08. The molecule has 0 unspecified atom stereocenters. The van der Waals surface area contributed by atoms with E-state index in [0.717, 1.165) is 17.5 Å². The average molecular weight is 707 g/mol. The molecule has 4 aliphatic heterocycles. The van der Waals surface area contributed by atoms with Crippen LogP contribution in [0.3, 0.4) is 0 Å². The fourth-order valence-electron chi connectivity index (χ4n) is 6.41. The largest absolute Gasteiger partial charge is 0.484 e. The van der Waals surface area contributed by atoms with Gasteiger partial charge in [-0.2, -0.15) is 0 Å². The van der Waals surface area contributed by atoms with Crippen LogP contribution in [0.2, 0.25) is 0 Å². The van der Waals surface area contributed by atoms with Crippen LogP contribution in [0.15, 0.2) is 54.6 Å². The maximum Gasteiger partial charge on any atom is 0.258 e. The monoisotopic (exact) mass is 706 g/mol. The molecule has 15 nitrogen and oxygen atoms in total. The number of rotatable bonds is 5. The van der Waals surface area contributed by atoms with Crippen molar-refractivity contribution in [3.05, 3.63) is 65.7 Å². The number of carbonyl (C=O) groups is 6. The molecule has 4 heterocycles. The minimum absolute atomic E-state index is 0.00585. The number of ether oxygens (including phenoxy) is 2. The summed E-state index contributed by atoms with van der Waals surface area (Å²) in [6.07, 6.45) is -0.166. The van der Waals surface area contributed by atoms with Gasteiger partial charge in [-0.25, -0.2) is 0 Å². The quantitative estimate of drug-likeness (QED) is 0.213. The zero-order valence-electron chi connectivity index (χ0n) is 28.8. The highest BCUT2D eigenvalue weighted by molar-refractivity contribution is 5.96. The number of aliphatic hydroxyl groups excluding tert-OH is 1. The van der Waals surface area contributed by atoms with Crippen molar-refractivity contribution in [2.45, 2.75) is 88.4 Å². The lowest BCUT2D eigenvalue weighted by Crippen LogP contribution is -2.60. The second-order valence-electron chi connectivity index (χ2n) is 13.2. The topological polar surface area (TPSA) is 204 Å². The van der Waals surface area contributed by atoms with Crippen LogP contribution in [-0.4, -0.2) is 114 Å². The van der Waals surface area contributed by atoms with Gasteiger partial charge in [0.25, 0.3) is 5.91 Å². The second kappa shape index (κ2) is 17.3. The van der Waals surface area contributed by atoms with Crippen molar-refractivity contribution in [2.24, 2.45) is 0 Å². The van der Waals surface area contributed by atoms with E-state index in [0.29, 0.717) is 25.2 Å². The van der Waals surface area contributed by atoms with E-state index in [-0.39, 0.29) is 38.4 Å².